The second-order valence-corrected chi connectivity index (χ2v) is 3.68. The van der Waals surface area contributed by atoms with Crippen LogP contribution in [0.25, 0.3) is 0 Å². The first-order valence-electron chi connectivity index (χ1n) is 4.17. The van der Waals surface area contributed by atoms with Crippen LogP contribution in [-0.2, 0) is 4.74 Å². The maximum absolute atomic E-state index is 11.1. The van der Waals surface area contributed by atoms with Gasteiger partial charge in [0.1, 0.15) is 5.60 Å². The minimum atomic E-state index is -0.727. The third kappa shape index (κ3) is 6.16. The fraction of sp³-hybridized carbons (Fsp3) is 0.667. The highest BCUT2D eigenvalue weighted by atomic mass is 16.6. The van der Waals surface area contributed by atoms with Gasteiger partial charge in [0.15, 0.2) is 0 Å². The van der Waals surface area contributed by atoms with Crippen LogP contribution in [-0.4, -0.2) is 28.5 Å². The Bertz CT molecular complexity index is 184. The Morgan fingerprint density at radius 2 is 2.15 bits per heavy atom. The second-order valence-electron chi connectivity index (χ2n) is 3.68. The van der Waals surface area contributed by atoms with Crippen molar-refractivity contribution in [3.8, 4) is 0 Å². The van der Waals surface area contributed by atoms with Gasteiger partial charge in [-0.3, -0.25) is 5.21 Å². The SMILES string of the molecule is C=CCCN(O)C(=O)OC(C)(C)C. The minimum Gasteiger partial charge on any atom is -0.442 e. The number of hydroxylamine groups is 2. The summed E-state index contributed by atoms with van der Waals surface area (Å²) in [5.74, 6) is 0. The van der Waals surface area contributed by atoms with Gasteiger partial charge in [0.25, 0.3) is 0 Å². The van der Waals surface area contributed by atoms with Crippen LogP contribution >= 0.6 is 0 Å². The Kier molecular flexibility index (Phi) is 4.48. The molecule has 0 saturated heterocycles. The first-order valence-corrected chi connectivity index (χ1v) is 4.17. The van der Waals surface area contributed by atoms with Gasteiger partial charge < -0.3 is 4.74 Å². The van der Waals surface area contributed by atoms with Gasteiger partial charge in [0.2, 0.25) is 0 Å². The molecule has 0 heterocycles. The summed E-state index contributed by atoms with van der Waals surface area (Å²) in [7, 11) is 0. The van der Waals surface area contributed by atoms with Gasteiger partial charge in [-0.25, -0.2) is 4.79 Å². The zero-order valence-corrected chi connectivity index (χ0v) is 8.41. The first kappa shape index (κ1) is 12.0. The van der Waals surface area contributed by atoms with Gasteiger partial charge in [-0.1, -0.05) is 6.08 Å². The lowest BCUT2D eigenvalue weighted by atomic mass is 10.2. The van der Waals surface area contributed by atoms with E-state index in [4.69, 9.17) is 9.94 Å². The zero-order chi connectivity index (χ0) is 10.5. The van der Waals surface area contributed by atoms with Crippen molar-refractivity contribution in [1.82, 2.24) is 5.06 Å². The molecule has 0 unspecified atom stereocenters. The lowest BCUT2D eigenvalue weighted by molar-refractivity contribution is -0.0927. The van der Waals surface area contributed by atoms with E-state index in [0.717, 1.165) is 0 Å². The molecule has 0 aliphatic heterocycles. The van der Waals surface area contributed by atoms with Crippen molar-refractivity contribution in [2.45, 2.75) is 32.8 Å². The van der Waals surface area contributed by atoms with E-state index in [1.165, 1.54) is 0 Å². The monoisotopic (exact) mass is 187 g/mol. The molecule has 0 aromatic carbocycles. The Morgan fingerprint density at radius 1 is 1.62 bits per heavy atom. The first-order chi connectivity index (χ1) is 5.87. The molecule has 0 saturated carbocycles. The van der Waals surface area contributed by atoms with E-state index in [2.05, 4.69) is 6.58 Å². The van der Waals surface area contributed by atoms with E-state index >= 15 is 0 Å². The van der Waals surface area contributed by atoms with Gasteiger partial charge >= 0.3 is 6.09 Å². The molecule has 4 heteroatoms. The Labute approximate surface area is 78.8 Å². The summed E-state index contributed by atoms with van der Waals surface area (Å²) >= 11 is 0. The summed E-state index contributed by atoms with van der Waals surface area (Å²) in [5.41, 5.74) is -0.577. The maximum atomic E-state index is 11.1. The molecule has 0 atom stereocenters. The average Bonchev–Trinajstić information content (AvgIpc) is 1.96. The molecule has 0 aromatic rings. The normalized spacial score (nSPS) is 10.8. The van der Waals surface area contributed by atoms with Crippen LogP contribution in [0.5, 0.6) is 0 Å². The van der Waals surface area contributed by atoms with Gasteiger partial charge in [0, 0.05) is 0 Å². The van der Waals surface area contributed by atoms with Crippen molar-refractivity contribution >= 4 is 6.09 Å². The van der Waals surface area contributed by atoms with E-state index in [1.54, 1.807) is 26.8 Å². The zero-order valence-electron chi connectivity index (χ0n) is 8.41. The fourth-order valence-corrected chi connectivity index (χ4v) is 0.619. The molecular weight excluding hydrogens is 170 g/mol. The van der Waals surface area contributed by atoms with Crippen LogP contribution in [0.15, 0.2) is 12.7 Å². The molecular formula is C9H17NO3. The molecule has 0 fully saturated rings. The number of amides is 1. The van der Waals surface area contributed by atoms with E-state index in [-0.39, 0.29) is 6.54 Å². The van der Waals surface area contributed by atoms with Crippen LogP contribution in [0.1, 0.15) is 27.2 Å². The Balaban J connectivity index is 3.89. The lowest BCUT2D eigenvalue weighted by Crippen LogP contribution is -2.35. The Hall–Kier alpha value is -1.03. The number of rotatable bonds is 3. The number of ether oxygens (including phenoxy) is 1. The Morgan fingerprint density at radius 3 is 2.54 bits per heavy atom. The predicted octanol–water partition coefficient (Wildman–Crippen LogP) is 2.19. The molecule has 0 aromatic heterocycles. The molecule has 4 nitrogen and oxygen atoms in total. The molecule has 13 heavy (non-hydrogen) atoms. The second kappa shape index (κ2) is 4.87. The quantitative estimate of drug-likeness (QED) is 0.418. The van der Waals surface area contributed by atoms with Crippen LogP contribution in [0.2, 0.25) is 0 Å². The van der Waals surface area contributed by atoms with Crippen molar-refractivity contribution < 1.29 is 14.7 Å². The summed E-state index contributed by atoms with van der Waals surface area (Å²) in [4.78, 5) is 11.1. The number of carbonyl (C=O) groups excluding carboxylic acids is 1. The molecule has 1 amide bonds. The fourth-order valence-electron chi connectivity index (χ4n) is 0.619. The third-order valence-corrected chi connectivity index (χ3v) is 1.15. The summed E-state index contributed by atoms with van der Waals surface area (Å²) in [6.45, 7) is 8.91. The predicted molar refractivity (Wildman–Crippen MR) is 49.5 cm³/mol. The summed E-state index contributed by atoms with van der Waals surface area (Å²) in [5, 5.41) is 9.67. The topological polar surface area (TPSA) is 49.8 Å². The van der Waals surface area contributed by atoms with Crippen LogP contribution < -0.4 is 0 Å². The lowest BCUT2D eigenvalue weighted by Gasteiger charge is -2.22. The highest BCUT2D eigenvalue weighted by Crippen LogP contribution is 2.08. The highest BCUT2D eigenvalue weighted by Gasteiger charge is 2.20. The van der Waals surface area contributed by atoms with Gasteiger partial charge in [-0.2, -0.15) is 5.06 Å². The molecule has 0 rings (SSSR count). The molecule has 0 aliphatic rings. The highest BCUT2D eigenvalue weighted by molar-refractivity contribution is 5.66. The van der Waals surface area contributed by atoms with Crippen molar-refractivity contribution in [2.24, 2.45) is 0 Å². The summed E-state index contributed by atoms with van der Waals surface area (Å²) < 4.78 is 4.90. The number of nitrogens with zero attached hydrogens (tertiary/aromatic N) is 1. The van der Waals surface area contributed by atoms with Gasteiger partial charge in [-0.05, 0) is 27.2 Å². The van der Waals surface area contributed by atoms with Gasteiger partial charge in [0.05, 0.1) is 6.54 Å². The summed E-state index contributed by atoms with van der Waals surface area (Å²) in [6.07, 6.45) is 1.43. The van der Waals surface area contributed by atoms with E-state index in [1.807, 2.05) is 0 Å². The largest absolute Gasteiger partial charge is 0.442 e. The van der Waals surface area contributed by atoms with Crippen molar-refractivity contribution in [2.75, 3.05) is 6.54 Å². The molecule has 0 aliphatic carbocycles. The number of hydrogen-bond donors (Lipinski definition) is 1. The van der Waals surface area contributed by atoms with Crippen LogP contribution in [0, 0.1) is 0 Å². The van der Waals surface area contributed by atoms with Crippen molar-refractivity contribution in [1.29, 1.82) is 0 Å². The molecule has 1 N–H and O–H groups in total. The van der Waals surface area contributed by atoms with Crippen molar-refractivity contribution in [3.63, 3.8) is 0 Å². The van der Waals surface area contributed by atoms with Crippen molar-refractivity contribution in [3.05, 3.63) is 12.7 Å². The number of carbonyl (C=O) groups is 1. The standard InChI is InChI=1S/C9H17NO3/c1-5-6-7-10(12)8(11)13-9(2,3)4/h5,12H,1,6-7H2,2-4H3. The minimum absolute atomic E-state index is 0.207. The smallest absolute Gasteiger partial charge is 0.434 e. The van der Waals surface area contributed by atoms with E-state index in [9.17, 15) is 4.79 Å². The van der Waals surface area contributed by atoms with E-state index < -0.39 is 11.7 Å². The summed E-state index contributed by atoms with van der Waals surface area (Å²) in [6, 6.07) is 0. The average molecular weight is 187 g/mol. The maximum Gasteiger partial charge on any atom is 0.434 e. The van der Waals surface area contributed by atoms with Crippen LogP contribution in [0.3, 0.4) is 0 Å². The molecule has 0 bridgehead atoms. The third-order valence-electron chi connectivity index (χ3n) is 1.15. The molecule has 0 spiro atoms. The molecule has 0 radical (unpaired) electrons. The van der Waals surface area contributed by atoms with Gasteiger partial charge in [-0.15, -0.1) is 6.58 Å². The van der Waals surface area contributed by atoms with E-state index in [0.29, 0.717) is 11.5 Å². The molecule has 76 valence electrons. The van der Waals surface area contributed by atoms with Crippen LogP contribution in [0.4, 0.5) is 4.79 Å². The number of hydrogen-bond acceptors (Lipinski definition) is 3.